The lowest BCUT2D eigenvalue weighted by Gasteiger charge is -2.23. The Hall–Kier alpha value is -0.280. The Bertz CT molecular complexity index is 262. The third-order valence-corrected chi connectivity index (χ3v) is 4.05. The van der Waals surface area contributed by atoms with Crippen LogP contribution in [0.1, 0.15) is 32.1 Å². The fourth-order valence-corrected chi connectivity index (χ4v) is 2.84. The predicted octanol–water partition coefficient (Wildman–Crippen LogP) is 1.32. The highest BCUT2D eigenvalue weighted by atomic mass is 35.5. The molecule has 2 aliphatic carbocycles. The zero-order chi connectivity index (χ0) is 10.3. The van der Waals surface area contributed by atoms with Crippen molar-refractivity contribution in [2.75, 3.05) is 13.1 Å². The van der Waals surface area contributed by atoms with Crippen LogP contribution < -0.4 is 10.6 Å². The highest BCUT2D eigenvalue weighted by Gasteiger charge is 2.51. The highest BCUT2D eigenvalue weighted by Crippen LogP contribution is 2.54. The number of halogens is 1. The summed E-state index contributed by atoms with van der Waals surface area (Å²) in [7, 11) is 0. The van der Waals surface area contributed by atoms with E-state index >= 15 is 0 Å². The summed E-state index contributed by atoms with van der Waals surface area (Å²) in [4.78, 5) is 11.9. The Morgan fingerprint density at radius 1 is 1.25 bits per heavy atom. The van der Waals surface area contributed by atoms with E-state index in [1.54, 1.807) is 0 Å². The molecule has 3 atom stereocenters. The molecule has 0 radical (unpaired) electrons. The van der Waals surface area contributed by atoms with E-state index in [2.05, 4.69) is 10.6 Å². The standard InChI is InChI=1S/C12H20N2O.ClH/c15-12(11-6-10(11)8-3-4-8)14-9-2-1-5-13-7-9;/h8-11,13H,1-7H2,(H,14,15);1H/t9-,10?,11?;/m1./s1. The Morgan fingerprint density at radius 3 is 2.69 bits per heavy atom. The summed E-state index contributed by atoms with van der Waals surface area (Å²) in [5, 5.41) is 6.52. The molecule has 3 nitrogen and oxygen atoms in total. The Morgan fingerprint density at radius 2 is 2.06 bits per heavy atom. The molecule has 2 saturated carbocycles. The van der Waals surface area contributed by atoms with Crippen molar-refractivity contribution in [1.29, 1.82) is 0 Å². The smallest absolute Gasteiger partial charge is 0.223 e. The first-order valence-electron chi connectivity index (χ1n) is 6.35. The molecule has 92 valence electrons. The second-order valence-corrected chi connectivity index (χ2v) is 5.40. The van der Waals surface area contributed by atoms with Crippen molar-refractivity contribution in [3.05, 3.63) is 0 Å². The molecule has 0 aromatic rings. The lowest BCUT2D eigenvalue weighted by atomic mass is 10.1. The normalized spacial score (nSPS) is 37.4. The van der Waals surface area contributed by atoms with E-state index in [1.807, 2.05) is 0 Å². The summed E-state index contributed by atoms with van der Waals surface area (Å²) in [6.45, 7) is 2.08. The van der Waals surface area contributed by atoms with Crippen molar-refractivity contribution in [3.8, 4) is 0 Å². The quantitative estimate of drug-likeness (QED) is 0.786. The van der Waals surface area contributed by atoms with Crippen molar-refractivity contribution in [2.24, 2.45) is 17.8 Å². The maximum Gasteiger partial charge on any atom is 0.223 e. The van der Waals surface area contributed by atoms with Gasteiger partial charge in [-0.2, -0.15) is 0 Å². The van der Waals surface area contributed by atoms with Crippen LogP contribution in [0.4, 0.5) is 0 Å². The fraction of sp³-hybridized carbons (Fsp3) is 0.917. The van der Waals surface area contributed by atoms with Gasteiger partial charge in [-0.05, 0) is 50.5 Å². The number of carbonyl (C=O) groups excluding carboxylic acids is 1. The zero-order valence-corrected chi connectivity index (χ0v) is 10.4. The third-order valence-electron chi connectivity index (χ3n) is 4.05. The minimum Gasteiger partial charge on any atom is -0.352 e. The van der Waals surface area contributed by atoms with Crippen molar-refractivity contribution >= 4 is 18.3 Å². The second kappa shape index (κ2) is 4.92. The van der Waals surface area contributed by atoms with E-state index in [1.165, 1.54) is 19.3 Å². The minimum atomic E-state index is 0. The number of rotatable bonds is 3. The van der Waals surface area contributed by atoms with E-state index in [0.29, 0.717) is 17.9 Å². The van der Waals surface area contributed by atoms with Gasteiger partial charge in [-0.1, -0.05) is 0 Å². The molecule has 16 heavy (non-hydrogen) atoms. The average molecular weight is 245 g/mol. The van der Waals surface area contributed by atoms with Gasteiger partial charge in [0, 0.05) is 18.5 Å². The SMILES string of the molecule is Cl.O=C(N[C@@H]1CCCNC1)C1CC1C1CC1. The van der Waals surface area contributed by atoms with Crippen molar-refractivity contribution in [2.45, 2.75) is 38.1 Å². The molecule has 1 amide bonds. The van der Waals surface area contributed by atoms with Crippen LogP contribution in [0.3, 0.4) is 0 Å². The summed E-state index contributed by atoms with van der Waals surface area (Å²) in [5.41, 5.74) is 0. The largest absolute Gasteiger partial charge is 0.352 e. The highest BCUT2D eigenvalue weighted by molar-refractivity contribution is 5.85. The van der Waals surface area contributed by atoms with E-state index in [-0.39, 0.29) is 12.4 Å². The maximum atomic E-state index is 11.9. The molecule has 1 aliphatic heterocycles. The molecular formula is C12H21ClN2O. The van der Waals surface area contributed by atoms with Crippen LogP contribution in [0.2, 0.25) is 0 Å². The van der Waals surface area contributed by atoms with Gasteiger partial charge in [0.05, 0.1) is 0 Å². The van der Waals surface area contributed by atoms with Crippen LogP contribution in [0.5, 0.6) is 0 Å². The molecule has 2 N–H and O–H groups in total. The van der Waals surface area contributed by atoms with Crippen molar-refractivity contribution in [3.63, 3.8) is 0 Å². The monoisotopic (exact) mass is 244 g/mol. The molecule has 1 heterocycles. The minimum absolute atomic E-state index is 0. The van der Waals surface area contributed by atoms with Crippen LogP contribution in [-0.2, 0) is 4.79 Å². The molecule has 0 spiro atoms. The molecule has 4 heteroatoms. The number of amides is 1. The topological polar surface area (TPSA) is 41.1 Å². The number of carbonyl (C=O) groups is 1. The van der Waals surface area contributed by atoms with Crippen LogP contribution in [-0.4, -0.2) is 25.0 Å². The molecule has 3 fully saturated rings. The van der Waals surface area contributed by atoms with E-state index in [0.717, 1.165) is 37.8 Å². The third kappa shape index (κ3) is 2.69. The zero-order valence-electron chi connectivity index (χ0n) is 9.58. The van der Waals surface area contributed by atoms with E-state index in [9.17, 15) is 4.79 Å². The van der Waals surface area contributed by atoms with Crippen molar-refractivity contribution < 1.29 is 4.79 Å². The Kier molecular flexibility index (Phi) is 3.75. The second-order valence-electron chi connectivity index (χ2n) is 5.40. The summed E-state index contributed by atoms with van der Waals surface area (Å²) in [6, 6.07) is 0.395. The van der Waals surface area contributed by atoms with Gasteiger partial charge in [0.1, 0.15) is 0 Å². The van der Waals surface area contributed by atoms with Gasteiger partial charge in [0.25, 0.3) is 0 Å². The van der Waals surface area contributed by atoms with Crippen LogP contribution in [0, 0.1) is 17.8 Å². The van der Waals surface area contributed by atoms with E-state index < -0.39 is 0 Å². The maximum absolute atomic E-state index is 11.9. The molecule has 0 aromatic carbocycles. The van der Waals surface area contributed by atoms with Gasteiger partial charge in [-0.3, -0.25) is 4.79 Å². The van der Waals surface area contributed by atoms with Crippen LogP contribution in [0.25, 0.3) is 0 Å². The van der Waals surface area contributed by atoms with Gasteiger partial charge in [0.2, 0.25) is 5.91 Å². The van der Waals surface area contributed by atoms with Crippen LogP contribution in [0.15, 0.2) is 0 Å². The van der Waals surface area contributed by atoms with Crippen LogP contribution >= 0.6 is 12.4 Å². The lowest BCUT2D eigenvalue weighted by Crippen LogP contribution is -2.46. The first kappa shape index (κ1) is 12.2. The number of hydrogen-bond donors (Lipinski definition) is 2. The summed E-state index contributed by atoms with van der Waals surface area (Å²) < 4.78 is 0. The molecule has 0 aromatic heterocycles. The van der Waals surface area contributed by atoms with E-state index in [4.69, 9.17) is 0 Å². The van der Waals surface area contributed by atoms with Gasteiger partial charge < -0.3 is 10.6 Å². The molecular weight excluding hydrogens is 224 g/mol. The van der Waals surface area contributed by atoms with Crippen molar-refractivity contribution in [1.82, 2.24) is 10.6 Å². The Labute approximate surface area is 103 Å². The number of hydrogen-bond acceptors (Lipinski definition) is 2. The molecule has 3 rings (SSSR count). The first-order valence-corrected chi connectivity index (χ1v) is 6.35. The molecule has 3 aliphatic rings. The fourth-order valence-electron chi connectivity index (χ4n) is 2.84. The summed E-state index contributed by atoms with van der Waals surface area (Å²) in [6.07, 6.45) is 6.26. The number of piperidine rings is 1. The van der Waals surface area contributed by atoms with Gasteiger partial charge in [-0.25, -0.2) is 0 Å². The number of nitrogens with one attached hydrogen (secondary N) is 2. The molecule has 2 unspecified atom stereocenters. The predicted molar refractivity (Wildman–Crippen MR) is 65.6 cm³/mol. The lowest BCUT2D eigenvalue weighted by molar-refractivity contribution is -0.123. The van der Waals surface area contributed by atoms with Gasteiger partial charge in [-0.15, -0.1) is 12.4 Å². The van der Waals surface area contributed by atoms with Gasteiger partial charge in [0.15, 0.2) is 0 Å². The Balaban J connectivity index is 0.000000963. The first-order chi connectivity index (χ1) is 7.34. The average Bonchev–Trinajstić information content (AvgIpc) is 3.11. The molecule has 1 saturated heterocycles. The summed E-state index contributed by atoms with van der Waals surface area (Å²) in [5.74, 6) is 2.37. The molecule has 0 bridgehead atoms. The van der Waals surface area contributed by atoms with Gasteiger partial charge >= 0.3 is 0 Å². The summed E-state index contributed by atoms with van der Waals surface area (Å²) >= 11 is 0.